The van der Waals surface area contributed by atoms with Crippen molar-refractivity contribution in [2.75, 3.05) is 19.6 Å². The topological polar surface area (TPSA) is 54.2 Å². The van der Waals surface area contributed by atoms with Crippen LogP contribution in [-0.4, -0.2) is 46.3 Å². The SMILES string of the molecule is CCC1CNC2(CCCC2)CN1CCc1nc(C)no1. The van der Waals surface area contributed by atoms with Crippen LogP contribution < -0.4 is 5.32 Å². The minimum atomic E-state index is 0.385. The van der Waals surface area contributed by atoms with E-state index in [1.54, 1.807) is 0 Å². The Morgan fingerprint density at radius 1 is 1.40 bits per heavy atom. The molecular weight excluding hydrogens is 252 g/mol. The predicted octanol–water partition coefficient (Wildman–Crippen LogP) is 1.92. The van der Waals surface area contributed by atoms with Gasteiger partial charge in [-0.15, -0.1) is 0 Å². The van der Waals surface area contributed by atoms with Gasteiger partial charge in [-0.25, -0.2) is 0 Å². The Morgan fingerprint density at radius 3 is 2.85 bits per heavy atom. The van der Waals surface area contributed by atoms with Crippen LogP contribution in [0.5, 0.6) is 0 Å². The Morgan fingerprint density at radius 2 is 2.20 bits per heavy atom. The number of aromatic nitrogens is 2. The highest BCUT2D eigenvalue weighted by molar-refractivity contribution is 5.01. The van der Waals surface area contributed by atoms with Crippen LogP contribution in [0.2, 0.25) is 0 Å². The van der Waals surface area contributed by atoms with E-state index in [-0.39, 0.29) is 0 Å². The maximum absolute atomic E-state index is 5.24. The molecule has 1 unspecified atom stereocenters. The molecule has 0 amide bonds. The molecule has 2 fully saturated rings. The third-order valence-corrected chi connectivity index (χ3v) is 4.95. The lowest BCUT2D eigenvalue weighted by atomic mass is 9.91. The van der Waals surface area contributed by atoms with Gasteiger partial charge in [0.1, 0.15) is 0 Å². The number of nitrogens with zero attached hydrogens (tertiary/aromatic N) is 3. The van der Waals surface area contributed by atoms with Gasteiger partial charge in [0.25, 0.3) is 0 Å². The van der Waals surface area contributed by atoms with Gasteiger partial charge in [-0.3, -0.25) is 4.90 Å². The highest BCUT2D eigenvalue weighted by atomic mass is 16.5. The van der Waals surface area contributed by atoms with Gasteiger partial charge >= 0.3 is 0 Å². The largest absolute Gasteiger partial charge is 0.339 e. The number of hydrogen-bond donors (Lipinski definition) is 1. The molecule has 0 radical (unpaired) electrons. The molecule has 112 valence electrons. The fourth-order valence-corrected chi connectivity index (χ4v) is 3.77. The summed E-state index contributed by atoms with van der Waals surface area (Å²) in [7, 11) is 0. The minimum absolute atomic E-state index is 0.385. The van der Waals surface area contributed by atoms with Gasteiger partial charge in [0.05, 0.1) is 0 Å². The number of rotatable bonds is 4. The molecule has 1 saturated carbocycles. The molecule has 1 aromatic heterocycles. The van der Waals surface area contributed by atoms with Crippen LogP contribution >= 0.6 is 0 Å². The van der Waals surface area contributed by atoms with E-state index in [0.717, 1.165) is 31.2 Å². The normalized spacial score (nSPS) is 26.4. The molecule has 1 N–H and O–H groups in total. The Labute approximate surface area is 121 Å². The van der Waals surface area contributed by atoms with Crippen molar-refractivity contribution in [2.45, 2.75) is 64.0 Å². The molecule has 0 bridgehead atoms. The van der Waals surface area contributed by atoms with Crippen LogP contribution in [0.15, 0.2) is 4.52 Å². The van der Waals surface area contributed by atoms with Gasteiger partial charge < -0.3 is 9.84 Å². The zero-order valence-corrected chi connectivity index (χ0v) is 12.7. The van der Waals surface area contributed by atoms with Crippen LogP contribution in [0.25, 0.3) is 0 Å². The van der Waals surface area contributed by atoms with E-state index in [1.807, 2.05) is 6.92 Å². The minimum Gasteiger partial charge on any atom is -0.339 e. The van der Waals surface area contributed by atoms with Crippen LogP contribution in [0.3, 0.4) is 0 Å². The number of piperazine rings is 1. The molecule has 1 spiro atoms. The third kappa shape index (κ3) is 2.88. The second-order valence-corrected chi connectivity index (χ2v) is 6.39. The van der Waals surface area contributed by atoms with Crippen molar-refractivity contribution in [1.29, 1.82) is 0 Å². The second kappa shape index (κ2) is 5.82. The molecule has 1 saturated heterocycles. The Hall–Kier alpha value is -0.940. The van der Waals surface area contributed by atoms with Gasteiger partial charge in [-0.1, -0.05) is 24.9 Å². The zero-order valence-electron chi connectivity index (χ0n) is 12.7. The average Bonchev–Trinajstić information content (AvgIpc) is 3.07. The highest BCUT2D eigenvalue weighted by Crippen LogP contribution is 2.33. The molecule has 1 aromatic rings. The van der Waals surface area contributed by atoms with Gasteiger partial charge in [0.15, 0.2) is 5.82 Å². The predicted molar refractivity (Wildman–Crippen MR) is 77.6 cm³/mol. The van der Waals surface area contributed by atoms with E-state index >= 15 is 0 Å². The molecule has 5 heteroatoms. The molecule has 1 aliphatic heterocycles. The fraction of sp³-hybridized carbons (Fsp3) is 0.867. The van der Waals surface area contributed by atoms with Crippen LogP contribution in [0.4, 0.5) is 0 Å². The summed E-state index contributed by atoms with van der Waals surface area (Å²) in [6, 6.07) is 0.644. The van der Waals surface area contributed by atoms with Gasteiger partial charge in [0.2, 0.25) is 5.89 Å². The molecule has 0 aromatic carbocycles. The lowest BCUT2D eigenvalue weighted by molar-refractivity contribution is 0.0774. The fourth-order valence-electron chi connectivity index (χ4n) is 3.77. The van der Waals surface area contributed by atoms with E-state index in [1.165, 1.54) is 38.6 Å². The maximum Gasteiger partial charge on any atom is 0.227 e. The van der Waals surface area contributed by atoms with E-state index < -0.39 is 0 Å². The summed E-state index contributed by atoms with van der Waals surface area (Å²) in [5.74, 6) is 1.51. The van der Waals surface area contributed by atoms with Crippen molar-refractivity contribution in [2.24, 2.45) is 0 Å². The summed E-state index contributed by atoms with van der Waals surface area (Å²) in [6.45, 7) is 7.49. The first kappa shape index (κ1) is 14.0. The summed E-state index contributed by atoms with van der Waals surface area (Å²) >= 11 is 0. The average molecular weight is 278 g/mol. The van der Waals surface area contributed by atoms with E-state index in [0.29, 0.717) is 11.6 Å². The Balaban J connectivity index is 1.61. The van der Waals surface area contributed by atoms with Crippen molar-refractivity contribution in [3.05, 3.63) is 11.7 Å². The van der Waals surface area contributed by atoms with Crippen molar-refractivity contribution in [1.82, 2.24) is 20.4 Å². The first-order valence-electron chi connectivity index (χ1n) is 7.99. The Bertz CT molecular complexity index is 439. The number of aryl methyl sites for hydroxylation is 1. The zero-order chi connectivity index (χ0) is 14.0. The van der Waals surface area contributed by atoms with Crippen LogP contribution in [0, 0.1) is 6.92 Å². The first-order chi connectivity index (χ1) is 9.71. The Kier molecular flexibility index (Phi) is 4.08. The number of nitrogens with one attached hydrogen (secondary N) is 1. The molecule has 2 heterocycles. The first-order valence-corrected chi connectivity index (χ1v) is 7.99. The molecule has 1 atom stereocenters. The third-order valence-electron chi connectivity index (χ3n) is 4.95. The van der Waals surface area contributed by atoms with Gasteiger partial charge in [-0.05, 0) is 26.2 Å². The summed E-state index contributed by atoms with van der Waals surface area (Å²) in [5, 5.41) is 7.71. The molecule has 5 nitrogen and oxygen atoms in total. The van der Waals surface area contributed by atoms with Crippen molar-refractivity contribution in [3.63, 3.8) is 0 Å². The number of hydrogen-bond acceptors (Lipinski definition) is 5. The van der Waals surface area contributed by atoms with Gasteiger partial charge in [0, 0.05) is 37.6 Å². The lowest BCUT2D eigenvalue weighted by Gasteiger charge is -2.46. The molecule has 20 heavy (non-hydrogen) atoms. The quantitative estimate of drug-likeness (QED) is 0.912. The smallest absolute Gasteiger partial charge is 0.227 e. The lowest BCUT2D eigenvalue weighted by Crippen LogP contribution is -2.63. The van der Waals surface area contributed by atoms with Crippen LogP contribution in [0.1, 0.15) is 50.7 Å². The second-order valence-electron chi connectivity index (χ2n) is 6.39. The summed E-state index contributed by atoms with van der Waals surface area (Å²) < 4.78 is 5.24. The monoisotopic (exact) mass is 278 g/mol. The van der Waals surface area contributed by atoms with Crippen molar-refractivity contribution in [3.8, 4) is 0 Å². The summed E-state index contributed by atoms with van der Waals surface area (Å²) in [5.41, 5.74) is 0.385. The van der Waals surface area contributed by atoms with Crippen molar-refractivity contribution < 1.29 is 4.52 Å². The maximum atomic E-state index is 5.24. The summed E-state index contributed by atoms with van der Waals surface area (Å²) in [6.07, 6.45) is 7.49. The van der Waals surface area contributed by atoms with E-state index in [2.05, 4.69) is 27.3 Å². The summed E-state index contributed by atoms with van der Waals surface area (Å²) in [4.78, 5) is 6.96. The molecule has 3 rings (SSSR count). The van der Waals surface area contributed by atoms with E-state index in [9.17, 15) is 0 Å². The standard InChI is InChI=1S/C15H26N4O/c1-3-13-10-16-15(7-4-5-8-15)11-19(13)9-6-14-17-12(2)18-20-14/h13,16H,3-11H2,1-2H3. The van der Waals surface area contributed by atoms with Crippen molar-refractivity contribution >= 4 is 0 Å². The van der Waals surface area contributed by atoms with Gasteiger partial charge in [-0.2, -0.15) is 4.98 Å². The molecule has 2 aliphatic rings. The highest BCUT2D eigenvalue weighted by Gasteiger charge is 2.40. The molecule has 1 aliphatic carbocycles. The van der Waals surface area contributed by atoms with E-state index in [4.69, 9.17) is 4.52 Å². The van der Waals surface area contributed by atoms with Crippen LogP contribution in [-0.2, 0) is 6.42 Å². The molecular formula is C15H26N4O.